The van der Waals surface area contributed by atoms with Crippen LogP contribution in [0.4, 0.5) is 0 Å². The van der Waals surface area contributed by atoms with E-state index in [1.165, 1.54) is 33.4 Å². The predicted molar refractivity (Wildman–Crippen MR) is 302 cm³/mol. The Morgan fingerprint density at radius 3 is 1.60 bits per heavy atom. The zero-order valence-electron chi connectivity index (χ0n) is 44.2. The molecule has 3 aromatic heterocycles. The molecule has 0 N–H and O–H groups in total. The van der Waals surface area contributed by atoms with Gasteiger partial charge in [0.2, 0.25) is 0 Å². The van der Waals surface area contributed by atoms with E-state index in [2.05, 4.69) is 289 Å². The van der Waals surface area contributed by atoms with Gasteiger partial charge in [0.1, 0.15) is 5.82 Å². The third kappa shape index (κ3) is 9.71. The number of fused-ring (bicyclic) bond motifs is 3. The van der Waals surface area contributed by atoms with Crippen molar-refractivity contribution in [3.05, 3.63) is 270 Å². The molecular weight excluding hydrogens is 1100 g/mol. The van der Waals surface area contributed by atoms with E-state index >= 15 is 0 Å². The molecule has 8 aromatic carbocycles. The molecule has 0 aliphatic carbocycles. The van der Waals surface area contributed by atoms with Crippen LogP contribution in [0, 0.1) is 18.5 Å². The minimum absolute atomic E-state index is 0. The molecule has 6 heteroatoms. The predicted octanol–water partition coefficient (Wildman–Crippen LogP) is 16.4. The normalized spacial score (nSPS) is 12.2. The molecule has 0 aliphatic heterocycles. The van der Waals surface area contributed by atoms with Crippen LogP contribution < -0.4 is 9.30 Å². The molecule has 5 nitrogen and oxygen atoms in total. The van der Waals surface area contributed by atoms with Crippen LogP contribution in [0.2, 0.25) is 0 Å². The SMILES string of the molecule is CC(C)(C)c1cn(-c2[c-]c(Oc3[c-]c4c(cc3)c3ccccc3n4-c3cc(C(C)(C)c4ccccc4)ccn3)cc(-c3ccccc3)c2)[c-][n+]1-c1cc(C(C)(C)c2ccccc2)cc(C(C)(C)c2ccccc2)c1.[Pt]. The Hall–Kier alpha value is -7.59. The summed E-state index contributed by atoms with van der Waals surface area (Å²) >= 11 is 0. The molecule has 0 saturated heterocycles. The number of para-hydroxylation sites is 1. The standard InChI is InChI=1S/C69H62N4O.Pt/c1-66(2,3)64-46-71(47-72(64)57-41-54(68(6,7)51-28-18-12-19-29-51)40-55(42-57)69(8,9)52-30-20-13-21-31-52)56-38-49(48-24-14-10-15-25-48)39-59(44-56)74-58-34-35-61-60-32-22-23-33-62(60)73(63(61)45-58)65-43-53(36-37-70-65)67(4,5)50-26-16-11-17-27-50;/h10-43,46H,1-9H3;/q-2;. The third-order valence-electron chi connectivity index (χ3n) is 15.2. The van der Waals surface area contributed by atoms with Gasteiger partial charge in [0, 0.05) is 66.7 Å². The Morgan fingerprint density at radius 1 is 0.467 bits per heavy atom. The van der Waals surface area contributed by atoms with E-state index in [9.17, 15) is 0 Å². The molecule has 0 radical (unpaired) electrons. The first-order chi connectivity index (χ1) is 35.6. The van der Waals surface area contributed by atoms with Gasteiger partial charge in [-0.3, -0.25) is 4.57 Å². The van der Waals surface area contributed by atoms with Gasteiger partial charge in [-0.15, -0.1) is 35.2 Å². The number of aromatic nitrogens is 4. The first-order valence-corrected chi connectivity index (χ1v) is 25.7. The van der Waals surface area contributed by atoms with Gasteiger partial charge >= 0.3 is 0 Å². The second kappa shape index (κ2) is 19.9. The average Bonchev–Trinajstić information content (AvgIpc) is 4.04. The van der Waals surface area contributed by atoms with Crippen molar-refractivity contribution in [3.63, 3.8) is 0 Å². The number of ether oxygens (including phenoxy) is 1. The van der Waals surface area contributed by atoms with Crippen molar-refractivity contribution in [2.45, 2.75) is 84.0 Å². The smallest absolute Gasteiger partial charge is 0.267 e. The van der Waals surface area contributed by atoms with Gasteiger partial charge in [0.15, 0.2) is 0 Å². The monoisotopic (exact) mass is 1160 g/mol. The fourth-order valence-electron chi connectivity index (χ4n) is 10.5. The maximum Gasteiger partial charge on any atom is 0.267 e. The number of hydrogen-bond donors (Lipinski definition) is 0. The van der Waals surface area contributed by atoms with Crippen molar-refractivity contribution in [2.24, 2.45) is 0 Å². The van der Waals surface area contributed by atoms with Crippen molar-refractivity contribution < 1.29 is 30.4 Å². The summed E-state index contributed by atoms with van der Waals surface area (Å²) in [5, 5.41) is 2.19. The largest absolute Gasteiger partial charge is 0.510 e. The molecule has 0 aliphatic rings. The minimum atomic E-state index is -0.290. The maximum absolute atomic E-state index is 6.93. The zero-order chi connectivity index (χ0) is 51.4. The summed E-state index contributed by atoms with van der Waals surface area (Å²) in [5.41, 5.74) is 13.3. The maximum atomic E-state index is 6.93. The van der Waals surface area contributed by atoms with Crippen LogP contribution in [0.15, 0.2) is 213 Å². The number of imidazole rings is 1. The van der Waals surface area contributed by atoms with Crippen molar-refractivity contribution in [1.29, 1.82) is 0 Å². The molecule has 3 heterocycles. The van der Waals surface area contributed by atoms with E-state index in [0.29, 0.717) is 11.5 Å². The van der Waals surface area contributed by atoms with Crippen molar-refractivity contribution in [3.8, 4) is 39.8 Å². The van der Waals surface area contributed by atoms with Crippen molar-refractivity contribution >= 4 is 21.8 Å². The van der Waals surface area contributed by atoms with Gasteiger partial charge in [-0.25, -0.2) is 4.98 Å². The number of nitrogens with zero attached hydrogens (tertiary/aromatic N) is 4. The second-order valence-corrected chi connectivity index (χ2v) is 22.2. The Morgan fingerprint density at radius 2 is 1.01 bits per heavy atom. The molecule has 11 aromatic rings. The van der Waals surface area contributed by atoms with Crippen LogP contribution in [0.3, 0.4) is 0 Å². The molecule has 75 heavy (non-hydrogen) atoms. The first-order valence-electron chi connectivity index (χ1n) is 25.7. The fraction of sp³-hybridized carbons (Fsp3) is 0.188. The van der Waals surface area contributed by atoms with Crippen LogP contribution >= 0.6 is 0 Å². The molecular formula is C69H62N4OPt-2. The van der Waals surface area contributed by atoms with Crippen LogP contribution in [-0.4, -0.2) is 14.1 Å². The number of rotatable bonds is 12. The quantitative estimate of drug-likeness (QED) is 0.0903. The van der Waals surface area contributed by atoms with Gasteiger partial charge in [-0.05, 0) is 85.8 Å². The molecule has 0 unspecified atom stereocenters. The van der Waals surface area contributed by atoms with Crippen molar-refractivity contribution in [1.82, 2.24) is 14.1 Å². The fourth-order valence-corrected chi connectivity index (χ4v) is 10.5. The molecule has 0 spiro atoms. The van der Waals surface area contributed by atoms with Crippen LogP contribution in [0.1, 0.15) is 101 Å². The van der Waals surface area contributed by atoms with Crippen LogP contribution in [0.25, 0.3) is 50.1 Å². The van der Waals surface area contributed by atoms with Gasteiger partial charge < -0.3 is 13.9 Å². The third-order valence-corrected chi connectivity index (χ3v) is 15.2. The van der Waals surface area contributed by atoms with Gasteiger partial charge in [0.05, 0.1) is 11.4 Å². The van der Waals surface area contributed by atoms with E-state index in [1.807, 2.05) is 18.3 Å². The minimum Gasteiger partial charge on any atom is -0.510 e. The first kappa shape index (κ1) is 50.9. The topological polar surface area (TPSA) is 35.9 Å². The number of pyridine rings is 1. The van der Waals surface area contributed by atoms with E-state index in [0.717, 1.165) is 55.8 Å². The van der Waals surface area contributed by atoms with E-state index < -0.39 is 0 Å². The molecule has 0 amide bonds. The zero-order valence-corrected chi connectivity index (χ0v) is 46.5. The van der Waals surface area contributed by atoms with E-state index in [4.69, 9.17) is 9.72 Å². The Balaban J connectivity index is 0.00000641. The molecule has 0 fully saturated rings. The van der Waals surface area contributed by atoms with Crippen molar-refractivity contribution in [2.75, 3.05) is 0 Å². The average molecular weight is 1160 g/mol. The molecule has 0 saturated carbocycles. The summed E-state index contributed by atoms with van der Waals surface area (Å²) < 4.78 is 13.5. The Labute approximate surface area is 457 Å². The Bertz CT molecular complexity index is 3740. The number of benzene rings is 8. The summed E-state index contributed by atoms with van der Waals surface area (Å²) in [6.07, 6.45) is 7.97. The molecule has 0 atom stereocenters. The van der Waals surface area contributed by atoms with E-state index in [-0.39, 0.29) is 42.7 Å². The summed E-state index contributed by atoms with van der Waals surface area (Å²) in [4.78, 5) is 4.99. The van der Waals surface area contributed by atoms with Crippen LogP contribution in [-0.2, 0) is 42.7 Å². The summed E-state index contributed by atoms with van der Waals surface area (Å²) in [6.45, 7) is 20.6. The molecule has 376 valence electrons. The van der Waals surface area contributed by atoms with Gasteiger partial charge in [-0.1, -0.05) is 213 Å². The molecule has 0 bridgehead atoms. The molecule has 11 rings (SSSR count). The summed E-state index contributed by atoms with van der Waals surface area (Å²) in [7, 11) is 0. The number of hydrogen-bond acceptors (Lipinski definition) is 2. The Kier molecular flexibility index (Phi) is 13.5. The van der Waals surface area contributed by atoms with Crippen LogP contribution in [0.5, 0.6) is 11.5 Å². The van der Waals surface area contributed by atoms with E-state index in [1.54, 1.807) is 0 Å². The summed E-state index contributed by atoms with van der Waals surface area (Å²) in [5.74, 6) is 1.96. The second-order valence-electron chi connectivity index (χ2n) is 22.2. The van der Waals surface area contributed by atoms with Gasteiger partial charge in [-0.2, -0.15) is 12.1 Å². The summed E-state index contributed by atoms with van der Waals surface area (Å²) in [6, 6.07) is 78.5. The van der Waals surface area contributed by atoms with Gasteiger partial charge in [0.25, 0.3) is 6.33 Å².